The van der Waals surface area contributed by atoms with Gasteiger partial charge in [0.05, 0.1) is 6.10 Å². The zero-order valence-electron chi connectivity index (χ0n) is 13.2. The van der Waals surface area contributed by atoms with Crippen molar-refractivity contribution < 1.29 is 24.1 Å². The minimum Gasteiger partial charge on any atom is -0.390 e. The molecule has 2 aliphatic rings. The highest BCUT2D eigenvalue weighted by atomic mass is 16.8. The van der Waals surface area contributed by atoms with Crippen molar-refractivity contribution in [3.63, 3.8) is 0 Å². The second-order valence-electron chi connectivity index (χ2n) is 6.46. The number of aliphatic hydroxyl groups is 1. The maximum absolute atomic E-state index is 10.3. The molecule has 1 N–H and O–H groups in total. The molecule has 0 amide bonds. The third-order valence-electron chi connectivity index (χ3n) is 3.67. The smallest absolute Gasteiger partial charge is 0.164 e. The Kier molecular flexibility index (Phi) is 4.61. The predicted octanol–water partition coefficient (Wildman–Crippen LogP) is 2.15. The lowest BCUT2D eigenvalue weighted by molar-refractivity contribution is -0.175. The number of ether oxygens (including phenoxy) is 4. The molecule has 0 spiro atoms. The van der Waals surface area contributed by atoms with Crippen LogP contribution in [0.5, 0.6) is 0 Å². The fraction of sp³-hybridized carbons (Fsp3) is 0.750. The molecular formula is C16H26O5. The van der Waals surface area contributed by atoms with Crippen LogP contribution in [0.2, 0.25) is 0 Å². The van der Waals surface area contributed by atoms with Gasteiger partial charge in [-0.15, -0.1) is 13.2 Å². The molecule has 5 nitrogen and oxygen atoms in total. The van der Waals surface area contributed by atoms with E-state index in [1.165, 1.54) is 0 Å². The standard InChI is InChI=1S/C16H26O5/c1-7-9-10(17)12-14(21-16(5,6)19-12)13-11(8-2)18-15(3,4)20-13/h7-8,10-14,17H,1-2,9H2,3-6H3/t10-,11-,12+,13+,14+/m0/s1. The molecule has 120 valence electrons. The van der Waals surface area contributed by atoms with Crippen molar-refractivity contribution in [1.29, 1.82) is 0 Å². The van der Waals surface area contributed by atoms with E-state index in [1.54, 1.807) is 12.2 Å². The maximum Gasteiger partial charge on any atom is 0.164 e. The van der Waals surface area contributed by atoms with Gasteiger partial charge in [0.1, 0.15) is 24.4 Å². The van der Waals surface area contributed by atoms with Crippen LogP contribution in [0.3, 0.4) is 0 Å². The molecule has 2 saturated heterocycles. The van der Waals surface area contributed by atoms with Crippen molar-refractivity contribution in [2.24, 2.45) is 0 Å². The van der Waals surface area contributed by atoms with E-state index in [0.717, 1.165) is 0 Å². The summed E-state index contributed by atoms with van der Waals surface area (Å²) in [5, 5.41) is 10.3. The van der Waals surface area contributed by atoms with Gasteiger partial charge in [-0.25, -0.2) is 0 Å². The molecule has 0 aromatic heterocycles. The summed E-state index contributed by atoms with van der Waals surface area (Å²) in [6.07, 6.45) is 1.48. The number of aliphatic hydroxyl groups excluding tert-OH is 1. The van der Waals surface area contributed by atoms with Crippen molar-refractivity contribution >= 4 is 0 Å². The van der Waals surface area contributed by atoms with Crippen molar-refractivity contribution in [3.8, 4) is 0 Å². The molecule has 0 unspecified atom stereocenters. The highest BCUT2D eigenvalue weighted by Gasteiger charge is 2.54. The Hall–Kier alpha value is -0.720. The first-order valence-corrected chi connectivity index (χ1v) is 7.32. The third kappa shape index (κ3) is 3.55. The molecule has 2 heterocycles. The highest BCUT2D eigenvalue weighted by molar-refractivity contribution is 5.03. The van der Waals surface area contributed by atoms with E-state index >= 15 is 0 Å². The third-order valence-corrected chi connectivity index (χ3v) is 3.67. The summed E-state index contributed by atoms with van der Waals surface area (Å²) in [5.41, 5.74) is 0. The van der Waals surface area contributed by atoms with Gasteiger partial charge in [-0.1, -0.05) is 12.2 Å². The summed E-state index contributed by atoms with van der Waals surface area (Å²) < 4.78 is 23.6. The highest BCUT2D eigenvalue weighted by Crippen LogP contribution is 2.39. The molecule has 0 aromatic rings. The monoisotopic (exact) mass is 298 g/mol. The average Bonchev–Trinajstić information content (AvgIpc) is 2.85. The van der Waals surface area contributed by atoms with Crippen LogP contribution in [0.15, 0.2) is 25.3 Å². The molecule has 5 atom stereocenters. The lowest BCUT2D eigenvalue weighted by Crippen LogP contribution is -2.46. The van der Waals surface area contributed by atoms with Gasteiger partial charge in [0.25, 0.3) is 0 Å². The van der Waals surface area contributed by atoms with Gasteiger partial charge < -0.3 is 24.1 Å². The SMILES string of the molecule is C=CC[C@H](O)[C@H]1OC(C)(C)O[C@H]1[C@@H]1OC(C)(C)O[C@H]1C=C. The second kappa shape index (κ2) is 5.82. The molecule has 2 aliphatic heterocycles. The van der Waals surface area contributed by atoms with Crippen LogP contribution in [0.4, 0.5) is 0 Å². The minimum atomic E-state index is -0.778. The van der Waals surface area contributed by atoms with Crippen LogP contribution in [-0.2, 0) is 18.9 Å². The van der Waals surface area contributed by atoms with Crippen LogP contribution in [0.1, 0.15) is 34.1 Å². The largest absolute Gasteiger partial charge is 0.390 e. The average molecular weight is 298 g/mol. The second-order valence-corrected chi connectivity index (χ2v) is 6.46. The first-order valence-electron chi connectivity index (χ1n) is 7.32. The summed E-state index contributed by atoms with van der Waals surface area (Å²) in [4.78, 5) is 0. The van der Waals surface area contributed by atoms with Crippen molar-refractivity contribution in [2.45, 2.75) is 76.2 Å². The quantitative estimate of drug-likeness (QED) is 0.788. The summed E-state index contributed by atoms with van der Waals surface area (Å²) in [7, 11) is 0. The van der Waals surface area contributed by atoms with Gasteiger partial charge in [0.2, 0.25) is 0 Å². The van der Waals surface area contributed by atoms with Gasteiger partial charge in [0.15, 0.2) is 11.6 Å². The topological polar surface area (TPSA) is 57.2 Å². The molecular weight excluding hydrogens is 272 g/mol. The number of rotatable bonds is 5. The van der Waals surface area contributed by atoms with E-state index in [2.05, 4.69) is 13.2 Å². The van der Waals surface area contributed by atoms with Crippen molar-refractivity contribution in [3.05, 3.63) is 25.3 Å². The first kappa shape index (κ1) is 16.6. The van der Waals surface area contributed by atoms with E-state index in [9.17, 15) is 5.11 Å². The zero-order valence-corrected chi connectivity index (χ0v) is 13.2. The lowest BCUT2D eigenvalue weighted by Gasteiger charge is -2.27. The summed E-state index contributed by atoms with van der Waals surface area (Å²) in [5.74, 6) is -1.49. The lowest BCUT2D eigenvalue weighted by atomic mass is 9.98. The Morgan fingerprint density at radius 1 is 1.00 bits per heavy atom. The zero-order chi connectivity index (χ0) is 15.8. The van der Waals surface area contributed by atoms with Gasteiger partial charge in [0, 0.05) is 0 Å². The van der Waals surface area contributed by atoms with E-state index in [4.69, 9.17) is 18.9 Å². The molecule has 2 rings (SSSR count). The van der Waals surface area contributed by atoms with E-state index < -0.39 is 29.9 Å². The van der Waals surface area contributed by atoms with E-state index in [-0.39, 0.29) is 12.2 Å². The molecule has 0 saturated carbocycles. The van der Waals surface area contributed by atoms with Gasteiger partial charge in [-0.2, -0.15) is 0 Å². The Balaban J connectivity index is 2.22. The Morgan fingerprint density at radius 2 is 1.57 bits per heavy atom. The Bertz CT molecular complexity index is 403. The molecule has 5 heteroatoms. The molecule has 0 aromatic carbocycles. The molecule has 0 radical (unpaired) electrons. The van der Waals surface area contributed by atoms with Crippen LogP contribution in [-0.4, -0.2) is 47.2 Å². The van der Waals surface area contributed by atoms with E-state index in [1.807, 2.05) is 27.7 Å². The van der Waals surface area contributed by atoms with E-state index in [0.29, 0.717) is 6.42 Å². The van der Waals surface area contributed by atoms with Crippen LogP contribution in [0.25, 0.3) is 0 Å². The summed E-state index contributed by atoms with van der Waals surface area (Å²) in [6, 6.07) is 0. The molecule has 21 heavy (non-hydrogen) atoms. The van der Waals surface area contributed by atoms with Crippen molar-refractivity contribution in [2.75, 3.05) is 0 Å². The molecule has 0 aliphatic carbocycles. The number of hydrogen-bond donors (Lipinski definition) is 1. The fourth-order valence-electron chi connectivity index (χ4n) is 2.93. The fourth-order valence-corrected chi connectivity index (χ4v) is 2.93. The minimum absolute atomic E-state index is 0.305. The maximum atomic E-state index is 10.3. The van der Waals surface area contributed by atoms with Crippen LogP contribution in [0, 0.1) is 0 Å². The molecule has 2 fully saturated rings. The Labute approximate surface area is 126 Å². The normalized spacial score (nSPS) is 39.1. The molecule has 0 bridgehead atoms. The van der Waals surface area contributed by atoms with Crippen LogP contribution >= 0.6 is 0 Å². The van der Waals surface area contributed by atoms with Crippen LogP contribution < -0.4 is 0 Å². The predicted molar refractivity (Wildman–Crippen MR) is 78.7 cm³/mol. The van der Waals surface area contributed by atoms with Gasteiger partial charge in [-0.3, -0.25) is 0 Å². The van der Waals surface area contributed by atoms with Gasteiger partial charge in [-0.05, 0) is 34.1 Å². The Morgan fingerprint density at radius 3 is 2.14 bits per heavy atom. The van der Waals surface area contributed by atoms with Crippen molar-refractivity contribution in [1.82, 2.24) is 0 Å². The summed E-state index contributed by atoms with van der Waals surface area (Å²) >= 11 is 0. The first-order chi connectivity index (χ1) is 9.69. The summed E-state index contributed by atoms with van der Waals surface area (Å²) in [6.45, 7) is 14.8. The van der Waals surface area contributed by atoms with Gasteiger partial charge >= 0.3 is 0 Å². The number of hydrogen-bond acceptors (Lipinski definition) is 5.